The molecule has 0 atom stereocenters. The van der Waals surface area contributed by atoms with Crippen molar-refractivity contribution in [3.8, 4) is 6.07 Å². The molecule has 11 heteroatoms. The van der Waals surface area contributed by atoms with Crippen LogP contribution >= 0.6 is 0 Å². The van der Waals surface area contributed by atoms with Crippen molar-refractivity contribution in [1.82, 2.24) is 10.6 Å². The number of rotatable bonds is 13. The number of sulfone groups is 1. The summed E-state index contributed by atoms with van der Waals surface area (Å²) < 4.78 is 40.1. The average molecular weight is 510 g/mol. The highest BCUT2D eigenvalue weighted by Crippen LogP contribution is 2.25. The number of benzene rings is 1. The van der Waals surface area contributed by atoms with Crippen LogP contribution in [0.2, 0.25) is 0 Å². The van der Waals surface area contributed by atoms with Crippen molar-refractivity contribution < 1.29 is 32.2 Å². The molecule has 0 bridgehead atoms. The zero-order valence-electron chi connectivity index (χ0n) is 20.9. The van der Waals surface area contributed by atoms with Crippen molar-refractivity contribution in [2.45, 2.75) is 50.5 Å². The predicted octanol–water partition coefficient (Wildman–Crippen LogP) is 2.45. The van der Waals surface area contributed by atoms with Gasteiger partial charge in [0, 0.05) is 24.6 Å². The molecule has 1 rings (SSSR count). The van der Waals surface area contributed by atoms with Crippen molar-refractivity contribution >= 4 is 21.8 Å². The van der Waals surface area contributed by atoms with Crippen LogP contribution in [0.25, 0.3) is 0 Å². The first-order valence-electron chi connectivity index (χ1n) is 11.1. The van der Waals surface area contributed by atoms with Crippen LogP contribution in [0.5, 0.6) is 0 Å². The Morgan fingerprint density at radius 1 is 0.943 bits per heavy atom. The molecule has 0 aliphatic heterocycles. The molecular formula is C24H35N3O7S. The fourth-order valence-corrected chi connectivity index (χ4v) is 3.62. The summed E-state index contributed by atoms with van der Waals surface area (Å²) in [4.78, 5) is 24.2. The molecule has 0 aromatic heterocycles. The average Bonchev–Trinajstić information content (AvgIpc) is 2.77. The molecule has 0 unspecified atom stereocenters. The molecule has 1 aromatic rings. The highest BCUT2D eigenvalue weighted by Gasteiger charge is 2.29. The van der Waals surface area contributed by atoms with E-state index in [1.165, 1.54) is 12.1 Å². The van der Waals surface area contributed by atoms with Crippen LogP contribution in [0.1, 0.15) is 40.2 Å². The normalized spacial score (nSPS) is 12.2. The fraction of sp³-hybridized carbons (Fsp3) is 0.542. The van der Waals surface area contributed by atoms with Crippen LogP contribution in [-0.4, -0.2) is 65.5 Å². The summed E-state index contributed by atoms with van der Waals surface area (Å²) in [7, 11) is -3.70. The molecule has 0 saturated carbocycles. The topological polar surface area (TPSA) is 144 Å². The quantitative estimate of drug-likeness (QED) is 0.305. The van der Waals surface area contributed by atoms with Gasteiger partial charge in [-0.15, -0.1) is 0 Å². The summed E-state index contributed by atoms with van der Waals surface area (Å²) in [6.45, 7) is 10.8. The summed E-state index contributed by atoms with van der Waals surface area (Å²) in [5.41, 5.74) is -0.796. The number of carbonyl (C=O) groups excluding carboxylic acids is 2. The summed E-state index contributed by atoms with van der Waals surface area (Å²) in [6, 6.07) is 7.63. The van der Waals surface area contributed by atoms with Gasteiger partial charge in [0.15, 0.2) is 0 Å². The molecule has 0 fully saturated rings. The molecule has 1 aromatic carbocycles. The number of hydrogen-bond donors (Lipinski definition) is 2. The lowest BCUT2D eigenvalue weighted by molar-refractivity contribution is -0.125. The largest absolute Gasteiger partial charge is 0.444 e. The first kappa shape index (κ1) is 30.1. The SMILES string of the molecule is CC(C)(C)OC(=O)NCCOCCOCCNC(=O)C(C)(C)c1ccc(S(=O)(=O)/C=C/C#N)cc1. The van der Waals surface area contributed by atoms with Gasteiger partial charge in [-0.25, -0.2) is 13.2 Å². The second-order valence-corrected chi connectivity index (χ2v) is 10.9. The number of nitrogens with one attached hydrogen (secondary N) is 2. The second-order valence-electron chi connectivity index (χ2n) is 9.04. The van der Waals surface area contributed by atoms with Crippen LogP contribution < -0.4 is 10.6 Å². The van der Waals surface area contributed by atoms with Crippen molar-refractivity contribution in [2.24, 2.45) is 0 Å². The van der Waals surface area contributed by atoms with Gasteiger partial charge in [0.2, 0.25) is 15.7 Å². The van der Waals surface area contributed by atoms with Crippen molar-refractivity contribution in [3.63, 3.8) is 0 Å². The lowest BCUT2D eigenvalue weighted by atomic mass is 9.84. The van der Waals surface area contributed by atoms with Gasteiger partial charge in [-0.1, -0.05) is 12.1 Å². The third kappa shape index (κ3) is 11.4. The van der Waals surface area contributed by atoms with E-state index in [9.17, 15) is 18.0 Å². The van der Waals surface area contributed by atoms with E-state index in [2.05, 4.69) is 10.6 Å². The lowest BCUT2D eigenvalue weighted by Crippen LogP contribution is -2.41. The van der Waals surface area contributed by atoms with E-state index in [0.717, 1.165) is 11.5 Å². The van der Waals surface area contributed by atoms with Crippen LogP contribution in [0.15, 0.2) is 40.6 Å². The predicted molar refractivity (Wildman–Crippen MR) is 130 cm³/mol. The third-order valence-electron chi connectivity index (χ3n) is 4.61. The van der Waals surface area contributed by atoms with Gasteiger partial charge in [-0.3, -0.25) is 4.79 Å². The van der Waals surface area contributed by atoms with Gasteiger partial charge < -0.3 is 24.8 Å². The van der Waals surface area contributed by atoms with E-state index in [0.29, 0.717) is 45.1 Å². The van der Waals surface area contributed by atoms with Gasteiger partial charge in [-0.2, -0.15) is 5.26 Å². The maximum absolute atomic E-state index is 12.6. The lowest BCUT2D eigenvalue weighted by Gasteiger charge is -2.24. The fourth-order valence-electron chi connectivity index (χ4n) is 2.71. The Labute approximate surface area is 207 Å². The molecule has 0 saturated heterocycles. The van der Waals surface area contributed by atoms with Crippen LogP contribution in [0.3, 0.4) is 0 Å². The van der Waals surface area contributed by atoms with E-state index >= 15 is 0 Å². The van der Waals surface area contributed by atoms with E-state index in [-0.39, 0.29) is 10.8 Å². The standard InChI is InChI=1S/C24H35N3O7S/c1-23(2,3)34-22(29)27-13-15-33-17-16-32-14-12-26-21(28)24(4,5)19-7-9-20(10-8-19)35(30,31)18-6-11-25/h6-10,18H,12-17H2,1-5H3,(H,26,28)(H,27,29)/b18-6+. The Morgan fingerprint density at radius 3 is 2.00 bits per heavy atom. The molecule has 0 aliphatic carbocycles. The molecule has 194 valence electrons. The third-order valence-corrected chi connectivity index (χ3v) is 6.04. The summed E-state index contributed by atoms with van der Waals surface area (Å²) in [5, 5.41) is 14.8. The Kier molecular flexibility index (Phi) is 11.9. The highest BCUT2D eigenvalue weighted by molar-refractivity contribution is 7.94. The van der Waals surface area contributed by atoms with Crippen molar-refractivity contribution in [1.29, 1.82) is 5.26 Å². The van der Waals surface area contributed by atoms with Crippen molar-refractivity contribution in [3.05, 3.63) is 41.3 Å². The van der Waals surface area contributed by atoms with E-state index in [1.54, 1.807) is 52.8 Å². The van der Waals surface area contributed by atoms with Gasteiger partial charge in [0.25, 0.3) is 0 Å². The molecule has 2 amide bonds. The van der Waals surface area contributed by atoms with E-state index in [1.807, 2.05) is 0 Å². The number of nitrogens with zero attached hydrogens (tertiary/aromatic N) is 1. The van der Waals surface area contributed by atoms with E-state index in [4.69, 9.17) is 19.5 Å². The molecule has 2 N–H and O–H groups in total. The number of hydrogen-bond acceptors (Lipinski definition) is 8. The number of amides is 2. The molecule has 0 spiro atoms. The van der Waals surface area contributed by atoms with Crippen molar-refractivity contribution in [2.75, 3.05) is 39.5 Å². The Hall–Kier alpha value is -2.94. The van der Waals surface area contributed by atoms with Crippen LogP contribution in [0, 0.1) is 11.3 Å². The Bertz CT molecular complexity index is 1010. The highest BCUT2D eigenvalue weighted by atomic mass is 32.2. The molecule has 0 heterocycles. The number of nitriles is 1. The van der Waals surface area contributed by atoms with Gasteiger partial charge >= 0.3 is 6.09 Å². The van der Waals surface area contributed by atoms with Gasteiger partial charge in [0.05, 0.1) is 42.8 Å². The minimum Gasteiger partial charge on any atom is -0.444 e. The summed E-state index contributed by atoms with van der Waals surface area (Å²) >= 11 is 0. The molecule has 35 heavy (non-hydrogen) atoms. The van der Waals surface area contributed by atoms with E-state index < -0.39 is 26.9 Å². The Morgan fingerprint density at radius 2 is 1.49 bits per heavy atom. The monoisotopic (exact) mass is 509 g/mol. The maximum Gasteiger partial charge on any atom is 0.407 e. The molecular weight excluding hydrogens is 474 g/mol. The molecule has 0 radical (unpaired) electrons. The van der Waals surface area contributed by atoms with Crippen LogP contribution in [0.4, 0.5) is 4.79 Å². The number of alkyl carbamates (subject to hydrolysis) is 1. The first-order chi connectivity index (χ1) is 16.3. The summed E-state index contributed by atoms with van der Waals surface area (Å²) in [5.74, 6) is -0.231. The second kappa shape index (κ2) is 13.8. The first-order valence-corrected chi connectivity index (χ1v) is 12.7. The number of allylic oxidation sites excluding steroid dienone is 1. The smallest absolute Gasteiger partial charge is 0.407 e. The minimum atomic E-state index is -3.70. The van der Waals surface area contributed by atoms with Crippen LogP contribution in [-0.2, 0) is 34.3 Å². The summed E-state index contributed by atoms with van der Waals surface area (Å²) in [6.07, 6.45) is 0.406. The zero-order valence-corrected chi connectivity index (χ0v) is 21.7. The number of carbonyl (C=O) groups is 2. The van der Waals surface area contributed by atoms with Gasteiger partial charge in [0.1, 0.15) is 5.60 Å². The minimum absolute atomic E-state index is 0.0419. The zero-order chi connectivity index (χ0) is 26.5. The van der Waals surface area contributed by atoms with Gasteiger partial charge in [-0.05, 0) is 52.3 Å². The maximum atomic E-state index is 12.6. The molecule has 0 aliphatic rings. The molecule has 10 nitrogen and oxygen atoms in total. The number of ether oxygens (including phenoxy) is 3. The Balaban J connectivity index is 2.30.